The van der Waals surface area contributed by atoms with Crippen molar-refractivity contribution in [2.24, 2.45) is 0 Å². The van der Waals surface area contributed by atoms with E-state index in [0.29, 0.717) is 0 Å². The number of fused-ring (bicyclic) bond motifs is 9. The van der Waals surface area contributed by atoms with Crippen LogP contribution in [-0.2, 0) is 0 Å². The van der Waals surface area contributed by atoms with Gasteiger partial charge in [0.2, 0.25) is 0 Å². The lowest BCUT2D eigenvalue weighted by Crippen LogP contribution is -2.37. The molecular weight excluding hydrogens is 567 g/mol. The minimum absolute atomic E-state index is 0.875. The molecule has 0 atom stereocenters. The number of rotatable bonds is 4. The highest BCUT2D eigenvalue weighted by Crippen LogP contribution is 2.47. The monoisotopic (exact) mass is 597 g/mol. The van der Waals surface area contributed by atoms with Crippen molar-refractivity contribution in [2.45, 2.75) is 19.6 Å². The van der Waals surface area contributed by atoms with E-state index in [0.717, 1.165) is 71.7 Å². The standard InChI is InChI=1S/C41H31NO2Si/c1-45(2,3)29-21-19-28(20-22-29)42(36-17-10-16-33-31-14-8-9-18-38(31)43-41(33)36)37-25-35-34-23-26-11-4-5-12-27(26)24-39(34)44-40(35)32-15-7-6-13-30(32)37/h4-25H,1-3H3. The topological polar surface area (TPSA) is 29.5 Å². The third-order valence-corrected chi connectivity index (χ3v) is 11.2. The quantitative estimate of drug-likeness (QED) is 0.189. The van der Waals surface area contributed by atoms with E-state index in [4.69, 9.17) is 8.83 Å². The molecule has 0 unspecified atom stereocenters. The summed E-state index contributed by atoms with van der Waals surface area (Å²) in [7, 11) is -1.49. The summed E-state index contributed by atoms with van der Waals surface area (Å²) in [6.45, 7) is 7.18. The minimum Gasteiger partial charge on any atom is -0.455 e. The van der Waals surface area contributed by atoms with E-state index in [1.165, 1.54) is 16.0 Å². The van der Waals surface area contributed by atoms with Gasteiger partial charge in [-0.25, -0.2) is 0 Å². The molecule has 0 aliphatic rings. The Labute approximate surface area is 261 Å². The summed E-state index contributed by atoms with van der Waals surface area (Å²) in [5.74, 6) is 0. The molecule has 0 aliphatic carbocycles. The zero-order chi connectivity index (χ0) is 30.3. The van der Waals surface area contributed by atoms with Crippen molar-refractivity contribution in [1.29, 1.82) is 0 Å². The van der Waals surface area contributed by atoms with Gasteiger partial charge in [0, 0.05) is 38.0 Å². The summed E-state index contributed by atoms with van der Waals surface area (Å²) in [5.41, 5.74) is 6.76. The van der Waals surface area contributed by atoms with Crippen LogP contribution >= 0.6 is 0 Å². The van der Waals surface area contributed by atoms with Gasteiger partial charge in [0.25, 0.3) is 0 Å². The van der Waals surface area contributed by atoms with Gasteiger partial charge in [-0.15, -0.1) is 0 Å². The molecule has 2 heterocycles. The van der Waals surface area contributed by atoms with Crippen LogP contribution in [0.25, 0.3) is 65.4 Å². The Hall–Kier alpha value is -5.32. The molecular formula is C41H31NO2Si. The Morgan fingerprint density at radius 2 is 1.07 bits per heavy atom. The van der Waals surface area contributed by atoms with E-state index < -0.39 is 8.07 Å². The van der Waals surface area contributed by atoms with Crippen molar-refractivity contribution in [2.75, 3.05) is 4.90 Å². The predicted molar refractivity (Wildman–Crippen MR) is 194 cm³/mol. The average molecular weight is 598 g/mol. The van der Waals surface area contributed by atoms with Gasteiger partial charge in [0.05, 0.1) is 19.4 Å². The Morgan fingerprint density at radius 3 is 1.84 bits per heavy atom. The van der Waals surface area contributed by atoms with Crippen LogP contribution in [0.4, 0.5) is 17.1 Å². The van der Waals surface area contributed by atoms with E-state index in [1.807, 2.05) is 6.07 Å². The summed E-state index contributed by atoms with van der Waals surface area (Å²) in [5, 5.41) is 10.5. The SMILES string of the molecule is C[Si](C)(C)c1ccc(N(c2cc3c4cc5ccccc5cc4oc3c3ccccc23)c2cccc3c2oc2ccccc23)cc1. The van der Waals surface area contributed by atoms with E-state index in [1.54, 1.807) is 0 Å². The van der Waals surface area contributed by atoms with Gasteiger partial charge >= 0.3 is 0 Å². The number of hydrogen-bond donors (Lipinski definition) is 0. The van der Waals surface area contributed by atoms with Crippen LogP contribution in [-0.4, -0.2) is 8.07 Å². The Balaban J connectivity index is 1.39. The van der Waals surface area contributed by atoms with Crippen molar-refractivity contribution < 1.29 is 8.83 Å². The first-order chi connectivity index (χ1) is 21.9. The van der Waals surface area contributed by atoms with Crippen LogP contribution in [0.1, 0.15) is 0 Å². The van der Waals surface area contributed by atoms with Crippen LogP contribution in [0.5, 0.6) is 0 Å². The molecule has 0 saturated heterocycles. The molecule has 0 fully saturated rings. The Bertz CT molecular complexity index is 2580. The molecule has 4 heteroatoms. The molecule has 216 valence electrons. The summed E-state index contributed by atoms with van der Waals surface area (Å²) in [6.07, 6.45) is 0. The average Bonchev–Trinajstić information content (AvgIpc) is 3.62. The molecule has 0 radical (unpaired) electrons. The van der Waals surface area contributed by atoms with E-state index in [9.17, 15) is 0 Å². The number of anilines is 3. The highest BCUT2D eigenvalue weighted by molar-refractivity contribution is 6.88. The summed E-state index contributed by atoms with van der Waals surface area (Å²) < 4.78 is 13.3. The van der Waals surface area contributed by atoms with Crippen LogP contribution in [0.3, 0.4) is 0 Å². The van der Waals surface area contributed by atoms with Gasteiger partial charge in [0.15, 0.2) is 5.58 Å². The second kappa shape index (κ2) is 9.59. The summed E-state index contributed by atoms with van der Waals surface area (Å²) >= 11 is 0. The number of furan rings is 2. The van der Waals surface area contributed by atoms with Crippen LogP contribution in [0.2, 0.25) is 19.6 Å². The van der Waals surface area contributed by atoms with Gasteiger partial charge in [-0.3, -0.25) is 0 Å². The lowest BCUT2D eigenvalue weighted by Gasteiger charge is -2.28. The van der Waals surface area contributed by atoms with Crippen molar-refractivity contribution in [1.82, 2.24) is 0 Å². The molecule has 0 spiro atoms. The summed E-state index contributed by atoms with van der Waals surface area (Å²) in [4.78, 5) is 2.38. The van der Waals surface area contributed by atoms with Crippen molar-refractivity contribution in [3.63, 3.8) is 0 Å². The Morgan fingerprint density at radius 1 is 0.444 bits per heavy atom. The zero-order valence-electron chi connectivity index (χ0n) is 25.5. The molecule has 0 N–H and O–H groups in total. The maximum Gasteiger partial charge on any atom is 0.159 e. The fraction of sp³-hybridized carbons (Fsp3) is 0.0732. The van der Waals surface area contributed by atoms with Crippen LogP contribution in [0, 0.1) is 0 Å². The first kappa shape index (κ1) is 26.1. The fourth-order valence-electron chi connectivity index (χ4n) is 6.88. The zero-order valence-corrected chi connectivity index (χ0v) is 26.5. The molecule has 9 aromatic rings. The Kier molecular flexibility index (Phi) is 5.56. The lowest BCUT2D eigenvalue weighted by molar-refractivity contribution is 0.669. The van der Waals surface area contributed by atoms with E-state index in [2.05, 4.69) is 152 Å². The van der Waals surface area contributed by atoms with Gasteiger partial charge in [0.1, 0.15) is 16.7 Å². The lowest BCUT2D eigenvalue weighted by atomic mass is 10.0. The van der Waals surface area contributed by atoms with Crippen molar-refractivity contribution >= 4 is 95.7 Å². The molecule has 0 aliphatic heterocycles. The molecule has 0 amide bonds. The smallest absolute Gasteiger partial charge is 0.159 e. The minimum atomic E-state index is -1.49. The number of nitrogens with zero attached hydrogens (tertiary/aromatic N) is 1. The predicted octanol–water partition coefficient (Wildman–Crippen LogP) is 11.8. The molecule has 45 heavy (non-hydrogen) atoms. The fourth-order valence-corrected chi connectivity index (χ4v) is 8.04. The first-order valence-corrected chi connectivity index (χ1v) is 19.0. The van der Waals surface area contributed by atoms with Crippen molar-refractivity contribution in [3.8, 4) is 0 Å². The molecule has 7 aromatic carbocycles. The number of hydrogen-bond acceptors (Lipinski definition) is 3. The molecule has 0 saturated carbocycles. The second-order valence-corrected chi connectivity index (χ2v) is 18.1. The number of para-hydroxylation sites is 2. The highest BCUT2D eigenvalue weighted by atomic mass is 28.3. The van der Waals surface area contributed by atoms with E-state index >= 15 is 0 Å². The molecule has 2 aromatic heterocycles. The van der Waals surface area contributed by atoms with Crippen LogP contribution in [0.15, 0.2) is 142 Å². The third kappa shape index (κ3) is 4.03. The maximum absolute atomic E-state index is 6.65. The maximum atomic E-state index is 6.65. The normalized spacial score (nSPS) is 12.3. The van der Waals surface area contributed by atoms with Crippen LogP contribution < -0.4 is 10.1 Å². The number of benzene rings is 7. The largest absolute Gasteiger partial charge is 0.455 e. The molecule has 0 bridgehead atoms. The first-order valence-electron chi connectivity index (χ1n) is 15.5. The van der Waals surface area contributed by atoms with Gasteiger partial charge in [-0.05, 0) is 53.2 Å². The molecule has 9 rings (SSSR count). The molecule has 3 nitrogen and oxygen atoms in total. The summed E-state index contributed by atoms with van der Waals surface area (Å²) in [6, 6.07) is 47.8. The second-order valence-electron chi connectivity index (χ2n) is 13.0. The van der Waals surface area contributed by atoms with Crippen molar-refractivity contribution in [3.05, 3.63) is 133 Å². The van der Waals surface area contributed by atoms with Gasteiger partial charge in [-0.2, -0.15) is 0 Å². The van der Waals surface area contributed by atoms with E-state index in [-0.39, 0.29) is 0 Å². The third-order valence-electron chi connectivity index (χ3n) is 9.18. The highest BCUT2D eigenvalue weighted by Gasteiger charge is 2.24. The van der Waals surface area contributed by atoms with Gasteiger partial charge in [-0.1, -0.05) is 116 Å². The van der Waals surface area contributed by atoms with Gasteiger partial charge < -0.3 is 13.7 Å².